The van der Waals surface area contributed by atoms with Crippen LogP contribution in [0.15, 0.2) is 83.8 Å². The molecule has 1 aliphatic heterocycles. The summed E-state index contributed by atoms with van der Waals surface area (Å²) in [6.07, 6.45) is -12.0. The molecule has 0 fully saturated rings. The predicted octanol–water partition coefficient (Wildman–Crippen LogP) is 6.81. The normalized spacial score (nSPS) is 18.6. The Balaban J connectivity index is 1.84. The van der Waals surface area contributed by atoms with Crippen molar-refractivity contribution in [1.82, 2.24) is 0 Å². The van der Waals surface area contributed by atoms with Crippen LogP contribution < -0.4 is 4.90 Å². The van der Waals surface area contributed by atoms with Gasteiger partial charge in [0.1, 0.15) is 0 Å². The van der Waals surface area contributed by atoms with Gasteiger partial charge in [0, 0.05) is 15.7 Å². The molecule has 0 bridgehead atoms. The summed E-state index contributed by atoms with van der Waals surface area (Å²) in [5.41, 5.74) is -4.73. The first-order valence-corrected chi connectivity index (χ1v) is 11.8. The molecule has 0 saturated carbocycles. The molecule has 3 aromatic rings. The number of carbonyl (C=O) groups is 1. The van der Waals surface area contributed by atoms with Gasteiger partial charge in [0.25, 0.3) is 5.60 Å². The van der Waals surface area contributed by atoms with E-state index in [1.165, 1.54) is 4.90 Å². The van der Waals surface area contributed by atoms with Gasteiger partial charge in [-0.15, -0.1) is 11.8 Å². The zero-order valence-corrected chi connectivity index (χ0v) is 19.7. The van der Waals surface area contributed by atoms with Crippen LogP contribution in [-0.4, -0.2) is 28.6 Å². The summed E-state index contributed by atoms with van der Waals surface area (Å²) in [7, 11) is 0. The van der Waals surface area contributed by atoms with Crippen molar-refractivity contribution < 1.29 is 36.2 Å². The standard InChI is InChI=1S/C26H21F6NO2S/c1-16-23(18-10-6-3-7-11-18)33(22(34)14-17-8-4-2-5-9-17)20-13-12-19(15-21(20)36-16)24(35,25(27,28)29)26(30,31)32/h2-13,15-16,23,35H,14H2,1H3. The van der Waals surface area contributed by atoms with Gasteiger partial charge in [-0.25, -0.2) is 0 Å². The highest BCUT2D eigenvalue weighted by molar-refractivity contribution is 8.00. The van der Waals surface area contributed by atoms with Crippen LogP contribution in [0, 0.1) is 0 Å². The van der Waals surface area contributed by atoms with Gasteiger partial charge in [-0.1, -0.05) is 73.7 Å². The molecular formula is C26H21F6NO2S. The van der Waals surface area contributed by atoms with Crippen LogP contribution in [0.2, 0.25) is 0 Å². The SMILES string of the molecule is CC1Sc2cc(C(O)(C(F)(F)F)C(F)(F)F)ccc2N(C(=O)Cc2ccccc2)C1c1ccccc1. The topological polar surface area (TPSA) is 40.5 Å². The first kappa shape index (κ1) is 26.1. The molecule has 1 heterocycles. The number of halogens is 6. The quantitative estimate of drug-likeness (QED) is 0.381. The number of thioether (sulfide) groups is 1. The number of benzene rings is 3. The molecule has 0 radical (unpaired) electrons. The molecule has 0 saturated heterocycles. The van der Waals surface area contributed by atoms with E-state index in [1.54, 1.807) is 55.5 Å². The third kappa shape index (κ3) is 4.59. The Hall–Kier alpha value is -2.98. The van der Waals surface area contributed by atoms with E-state index in [9.17, 15) is 36.2 Å². The summed E-state index contributed by atoms with van der Waals surface area (Å²) in [5.74, 6) is -0.363. The summed E-state index contributed by atoms with van der Waals surface area (Å²) in [4.78, 5) is 15.0. The fraction of sp³-hybridized carbons (Fsp3) is 0.269. The van der Waals surface area contributed by atoms with E-state index in [4.69, 9.17) is 0 Å². The predicted molar refractivity (Wildman–Crippen MR) is 125 cm³/mol. The van der Waals surface area contributed by atoms with Gasteiger partial charge in [0.2, 0.25) is 5.91 Å². The maximum Gasteiger partial charge on any atom is 0.430 e. The molecule has 2 atom stereocenters. The molecular weight excluding hydrogens is 504 g/mol. The minimum absolute atomic E-state index is 0.0161. The number of rotatable bonds is 4. The molecule has 36 heavy (non-hydrogen) atoms. The van der Waals surface area contributed by atoms with Gasteiger partial charge in [-0.3, -0.25) is 4.79 Å². The van der Waals surface area contributed by atoms with Gasteiger partial charge in [0.15, 0.2) is 0 Å². The number of hydrogen-bond donors (Lipinski definition) is 1. The van der Waals surface area contributed by atoms with E-state index in [2.05, 4.69) is 0 Å². The van der Waals surface area contributed by atoms with E-state index < -0.39 is 34.8 Å². The van der Waals surface area contributed by atoms with Crippen LogP contribution in [-0.2, 0) is 16.8 Å². The second-order valence-electron chi connectivity index (χ2n) is 8.49. The van der Waals surface area contributed by atoms with E-state index in [1.807, 2.05) is 12.1 Å². The maximum absolute atomic E-state index is 13.6. The fourth-order valence-corrected chi connectivity index (χ4v) is 5.65. The lowest BCUT2D eigenvalue weighted by atomic mass is 9.91. The van der Waals surface area contributed by atoms with Gasteiger partial charge in [0.05, 0.1) is 18.2 Å². The second-order valence-corrected chi connectivity index (χ2v) is 9.91. The molecule has 10 heteroatoms. The monoisotopic (exact) mass is 525 g/mol. The van der Waals surface area contributed by atoms with E-state index in [-0.39, 0.29) is 22.9 Å². The van der Waals surface area contributed by atoms with Crippen LogP contribution in [0.25, 0.3) is 0 Å². The van der Waals surface area contributed by atoms with Crippen molar-refractivity contribution in [3.8, 4) is 0 Å². The largest absolute Gasteiger partial charge is 0.430 e. The summed E-state index contributed by atoms with van der Waals surface area (Å²) in [6, 6.07) is 19.6. The Morgan fingerprint density at radius 3 is 2.00 bits per heavy atom. The molecule has 3 nitrogen and oxygen atoms in total. The van der Waals surface area contributed by atoms with Crippen LogP contribution >= 0.6 is 11.8 Å². The van der Waals surface area contributed by atoms with Crippen LogP contribution in [0.1, 0.15) is 29.7 Å². The molecule has 0 spiro atoms. The van der Waals surface area contributed by atoms with Gasteiger partial charge in [-0.2, -0.15) is 26.3 Å². The summed E-state index contributed by atoms with van der Waals surface area (Å²) in [6.45, 7) is 1.75. The third-order valence-corrected chi connectivity index (χ3v) is 7.31. The molecule has 1 amide bonds. The van der Waals surface area contributed by atoms with Crippen LogP contribution in [0.4, 0.5) is 32.0 Å². The van der Waals surface area contributed by atoms with Gasteiger partial charge < -0.3 is 10.0 Å². The minimum Gasteiger partial charge on any atom is -0.369 e. The molecule has 1 N–H and O–H groups in total. The number of aliphatic hydroxyl groups is 1. The van der Waals surface area contributed by atoms with Crippen molar-refractivity contribution in [2.45, 2.75) is 47.5 Å². The zero-order valence-electron chi connectivity index (χ0n) is 18.8. The molecule has 4 rings (SSSR count). The summed E-state index contributed by atoms with van der Waals surface area (Å²) in [5, 5.41) is 9.47. The number of carbonyl (C=O) groups excluding carboxylic acids is 1. The molecule has 190 valence electrons. The van der Waals surface area contributed by atoms with E-state index in [0.717, 1.165) is 23.4 Å². The lowest BCUT2D eigenvalue weighted by Crippen LogP contribution is -2.54. The zero-order chi connectivity index (χ0) is 26.3. The molecule has 1 aliphatic rings. The third-order valence-electron chi connectivity index (χ3n) is 6.10. The average molecular weight is 526 g/mol. The van der Waals surface area contributed by atoms with Crippen molar-refractivity contribution in [1.29, 1.82) is 0 Å². The Kier molecular flexibility index (Phi) is 6.87. The number of amides is 1. The maximum atomic E-state index is 13.6. The number of fused-ring (bicyclic) bond motifs is 1. The molecule has 0 aromatic heterocycles. The highest BCUT2D eigenvalue weighted by Gasteiger charge is 2.71. The van der Waals surface area contributed by atoms with E-state index >= 15 is 0 Å². The fourth-order valence-electron chi connectivity index (χ4n) is 4.36. The first-order valence-electron chi connectivity index (χ1n) is 10.9. The summed E-state index contributed by atoms with van der Waals surface area (Å²) >= 11 is 1.05. The smallest absolute Gasteiger partial charge is 0.369 e. The van der Waals surface area contributed by atoms with Crippen molar-refractivity contribution >= 4 is 23.4 Å². The first-order chi connectivity index (χ1) is 16.8. The molecule has 2 unspecified atom stereocenters. The summed E-state index contributed by atoms with van der Waals surface area (Å²) < 4.78 is 80.9. The lowest BCUT2D eigenvalue weighted by Gasteiger charge is -2.42. The Bertz CT molecular complexity index is 1220. The van der Waals surface area contributed by atoms with Crippen molar-refractivity contribution in [2.24, 2.45) is 0 Å². The number of anilines is 1. The van der Waals surface area contributed by atoms with Crippen molar-refractivity contribution in [3.63, 3.8) is 0 Å². The average Bonchev–Trinajstić information content (AvgIpc) is 2.82. The highest BCUT2D eigenvalue weighted by atomic mass is 32.2. The number of hydrogen-bond acceptors (Lipinski definition) is 3. The minimum atomic E-state index is -6.00. The van der Waals surface area contributed by atoms with E-state index in [0.29, 0.717) is 17.7 Å². The number of alkyl halides is 6. The van der Waals surface area contributed by atoms with Crippen molar-refractivity contribution in [2.75, 3.05) is 4.90 Å². The van der Waals surface area contributed by atoms with Gasteiger partial charge in [-0.05, 0) is 23.3 Å². The van der Waals surface area contributed by atoms with Crippen molar-refractivity contribution in [3.05, 3.63) is 95.6 Å². The Morgan fingerprint density at radius 2 is 1.44 bits per heavy atom. The lowest BCUT2D eigenvalue weighted by molar-refractivity contribution is -0.376. The van der Waals surface area contributed by atoms with Crippen LogP contribution in [0.5, 0.6) is 0 Å². The van der Waals surface area contributed by atoms with Gasteiger partial charge >= 0.3 is 12.4 Å². The second kappa shape index (κ2) is 9.48. The Morgan fingerprint density at radius 1 is 0.889 bits per heavy atom. The Labute approximate surface area is 207 Å². The van der Waals surface area contributed by atoms with Crippen LogP contribution in [0.3, 0.4) is 0 Å². The molecule has 0 aliphatic carbocycles. The molecule has 3 aromatic carbocycles. The highest BCUT2D eigenvalue weighted by Crippen LogP contribution is 2.53. The number of nitrogens with zero attached hydrogens (tertiary/aromatic N) is 1.